The maximum Gasteiger partial charge on any atom is 0.0951 e. The van der Waals surface area contributed by atoms with Gasteiger partial charge in [0.1, 0.15) is 0 Å². The molecule has 1 unspecified atom stereocenters. The van der Waals surface area contributed by atoms with Crippen molar-refractivity contribution in [1.29, 1.82) is 0 Å². The van der Waals surface area contributed by atoms with E-state index >= 15 is 0 Å². The number of hydrogen-bond acceptors (Lipinski definition) is 4. The van der Waals surface area contributed by atoms with Crippen molar-refractivity contribution in [3.63, 3.8) is 0 Å². The zero-order valence-electron chi connectivity index (χ0n) is 16.4. The molecule has 3 heterocycles. The molecule has 0 aliphatic rings. The Bertz CT molecular complexity index is 1090. The number of nitrogens with zero attached hydrogens (tertiary/aromatic N) is 3. The first-order chi connectivity index (χ1) is 13.5. The van der Waals surface area contributed by atoms with Crippen LogP contribution in [-0.4, -0.2) is 14.5 Å². The zero-order valence-corrected chi connectivity index (χ0v) is 17.2. The van der Waals surface area contributed by atoms with E-state index in [1.165, 1.54) is 22.3 Å². The molecule has 1 atom stereocenters. The summed E-state index contributed by atoms with van der Waals surface area (Å²) in [6, 6.07) is 10.4. The lowest BCUT2D eigenvalue weighted by molar-refractivity contribution is 0.694. The van der Waals surface area contributed by atoms with Crippen molar-refractivity contribution in [3.8, 4) is 11.3 Å². The van der Waals surface area contributed by atoms with E-state index < -0.39 is 0 Å². The molecule has 0 saturated carbocycles. The van der Waals surface area contributed by atoms with E-state index in [4.69, 9.17) is 10.7 Å². The summed E-state index contributed by atoms with van der Waals surface area (Å²) in [5.41, 5.74) is 15.7. The molecule has 0 spiro atoms. The quantitative estimate of drug-likeness (QED) is 0.522. The van der Waals surface area contributed by atoms with Gasteiger partial charge in [0.25, 0.3) is 0 Å². The minimum atomic E-state index is -0.204. The van der Waals surface area contributed by atoms with Crippen LogP contribution in [0.15, 0.2) is 59.8 Å². The average molecular weight is 389 g/mol. The lowest BCUT2D eigenvalue weighted by atomic mass is 10.0. The molecule has 142 valence electrons. The number of aromatic nitrogens is 3. The number of rotatable bonds is 5. The highest BCUT2D eigenvalue weighted by Crippen LogP contribution is 2.28. The van der Waals surface area contributed by atoms with Crippen molar-refractivity contribution in [2.45, 2.75) is 33.4 Å². The third kappa shape index (κ3) is 3.63. The molecule has 5 heteroatoms. The first-order valence-electron chi connectivity index (χ1n) is 9.34. The molecule has 0 amide bonds. The van der Waals surface area contributed by atoms with Crippen LogP contribution in [0.3, 0.4) is 0 Å². The van der Waals surface area contributed by atoms with Crippen LogP contribution >= 0.6 is 11.3 Å². The number of hydrogen-bond donors (Lipinski definition) is 1. The van der Waals surface area contributed by atoms with Crippen LogP contribution in [0.5, 0.6) is 0 Å². The van der Waals surface area contributed by atoms with Gasteiger partial charge in [-0.2, -0.15) is 11.3 Å². The Hall–Kier alpha value is -2.76. The van der Waals surface area contributed by atoms with Gasteiger partial charge in [0, 0.05) is 17.1 Å². The normalized spacial score (nSPS) is 12.3. The van der Waals surface area contributed by atoms with Crippen LogP contribution < -0.4 is 5.73 Å². The molecule has 4 aromatic rings. The van der Waals surface area contributed by atoms with Gasteiger partial charge in [-0.15, -0.1) is 0 Å². The highest BCUT2D eigenvalue weighted by Gasteiger charge is 2.15. The summed E-state index contributed by atoms with van der Waals surface area (Å²) in [6.07, 6.45) is 5.66. The molecule has 0 aliphatic carbocycles. The predicted octanol–water partition coefficient (Wildman–Crippen LogP) is 5.03. The summed E-state index contributed by atoms with van der Waals surface area (Å²) in [4.78, 5) is 9.08. The molecule has 3 aromatic heterocycles. The third-order valence-corrected chi connectivity index (χ3v) is 5.96. The van der Waals surface area contributed by atoms with Gasteiger partial charge >= 0.3 is 0 Å². The lowest BCUT2D eigenvalue weighted by Gasteiger charge is -2.16. The van der Waals surface area contributed by atoms with Crippen molar-refractivity contribution in [1.82, 2.24) is 14.5 Å². The zero-order chi connectivity index (χ0) is 19.7. The van der Waals surface area contributed by atoms with Gasteiger partial charge in [-0.1, -0.05) is 35.9 Å². The number of pyridine rings is 1. The van der Waals surface area contributed by atoms with E-state index in [2.05, 4.69) is 71.4 Å². The second kappa shape index (κ2) is 7.70. The van der Waals surface area contributed by atoms with Crippen LogP contribution in [0, 0.1) is 20.8 Å². The van der Waals surface area contributed by atoms with Crippen molar-refractivity contribution in [2.24, 2.45) is 5.73 Å². The van der Waals surface area contributed by atoms with Crippen LogP contribution in [0.25, 0.3) is 11.3 Å². The molecular weight excluding hydrogens is 364 g/mol. The summed E-state index contributed by atoms with van der Waals surface area (Å²) in [5, 5.41) is 4.33. The van der Waals surface area contributed by atoms with E-state index in [0.717, 1.165) is 22.5 Å². The Morgan fingerprint density at radius 2 is 1.82 bits per heavy atom. The highest BCUT2D eigenvalue weighted by atomic mass is 32.1. The van der Waals surface area contributed by atoms with E-state index in [-0.39, 0.29) is 6.04 Å². The monoisotopic (exact) mass is 388 g/mol. The molecule has 1 aromatic carbocycles. The van der Waals surface area contributed by atoms with Gasteiger partial charge in [-0.05, 0) is 48.4 Å². The maximum absolute atomic E-state index is 6.52. The Labute approximate surface area is 169 Å². The molecule has 4 nitrogen and oxygen atoms in total. The Balaban J connectivity index is 1.59. The van der Waals surface area contributed by atoms with Crippen LogP contribution in [0.2, 0.25) is 0 Å². The van der Waals surface area contributed by atoms with Crippen molar-refractivity contribution < 1.29 is 0 Å². The minimum Gasteiger partial charge on any atom is -0.328 e. The smallest absolute Gasteiger partial charge is 0.0951 e. The van der Waals surface area contributed by atoms with E-state index in [1.807, 2.05) is 18.7 Å². The van der Waals surface area contributed by atoms with E-state index in [0.29, 0.717) is 6.54 Å². The number of aryl methyl sites for hydroxylation is 3. The van der Waals surface area contributed by atoms with Crippen LogP contribution in [0.1, 0.15) is 39.6 Å². The predicted molar refractivity (Wildman–Crippen MR) is 116 cm³/mol. The fraction of sp³-hybridized carbons (Fsp3) is 0.217. The molecule has 0 fully saturated rings. The SMILES string of the molecule is Cc1ccc(C(N)c2cncn2Cc2cnc(-c3cscc3C)c(C)c2)cc1. The second-order valence-corrected chi connectivity index (χ2v) is 8.06. The number of nitrogens with two attached hydrogens (primary N) is 1. The number of benzene rings is 1. The Morgan fingerprint density at radius 3 is 2.50 bits per heavy atom. The summed E-state index contributed by atoms with van der Waals surface area (Å²) < 4.78 is 2.11. The van der Waals surface area contributed by atoms with E-state index in [1.54, 1.807) is 11.3 Å². The largest absolute Gasteiger partial charge is 0.328 e. The number of thiophene rings is 1. The van der Waals surface area contributed by atoms with Gasteiger partial charge in [0.15, 0.2) is 0 Å². The molecule has 4 rings (SSSR count). The van der Waals surface area contributed by atoms with Crippen molar-refractivity contribution in [3.05, 3.63) is 93.3 Å². The van der Waals surface area contributed by atoms with Crippen LogP contribution in [-0.2, 0) is 6.54 Å². The van der Waals surface area contributed by atoms with Gasteiger partial charge < -0.3 is 10.3 Å². The first kappa shape index (κ1) is 18.6. The summed E-state index contributed by atoms with van der Waals surface area (Å²) >= 11 is 1.72. The summed E-state index contributed by atoms with van der Waals surface area (Å²) in [5.74, 6) is 0. The van der Waals surface area contributed by atoms with Crippen molar-refractivity contribution in [2.75, 3.05) is 0 Å². The average Bonchev–Trinajstić information content (AvgIpc) is 3.31. The molecule has 0 saturated heterocycles. The molecule has 0 radical (unpaired) electrons. The topological polar surface area (TPSA) is 56.7 Å². The maximum atomic E-state index is 6.52. The van der Waals surface area contributed by atoms with Gasteiger partial charge in [0.2, 0.25) is 0 Å². The molecular formula is C23H24N4S. The lowest BCUT2D eigenvalue weighted by Crippen LogP contribution is -2.17. The molecule has 28 heavy (non-hydrogen) atoms. The fourth-order valence-electron chi connectivity index (χ4n) is 3.47. The fourth-order valence-corrected chi connectivity index (χ4v) is 4.30. The Morgan fingerprint density at radius 1 is 1.04 bits per heavy atom. The van der Waals surface area contributed by atoms with Gasteiger partial charge in [-0.3, -0.25) is 4.98 Å². The van der Waals surface area contributed by atoms with Gasteiger partial charge in [-0.25, -0.2) is 4.98 Å². The van der Waals surface area contributed by atoms with Crippen LogP contribution in [0.4, 0.5) is 0 Å². The third-order valence-electron chi connectivity index (χ3n) is 5.10. The summed E-state index contributed by atoms with van der Waals surface area (Å²) in [6.45, 7) is 7.03. The first-order valence-corrected chi connectivity index (χ1v) is 10.3. The summed E-state index contributed by atoms with van der Waals surface area (Å²) in [7, 11) is 0. The molecule has 0 bridgehead atoms. The Kier molecular flexibility index (Phi) is 5.11. The standard InChI is InChI=1S/C23H24N4S/c1-15-4-6-19(7-5-15)22(24)21-10-25-14-27(21)11-18-8-16(2)23(26-9-18)20-13-28-12-17(20)3/h4-10,12-14,22H,11,24H2,1-3H3. The second-order valence-electron chi connectivity index (χ2n) is 7.31. The minimum absolute atomic E-state index is 0.204. The van der Waals surface area contributed by atoms with Gasteiger partial charge in [0.05, 0.1) is 36.5 Å². The molecule has 0 aliphatic heterocycles. The van der Waals surface area contributed by atoms with Crippen molar-refractivity contribution >= 4 is 11.3 Å². The van der Waals surface area contributed by atoms with E-state index in [9.17, 15) is 0 Å². The highest BCUT2D eigenvalue weighted by molar-refractivity contribution is 7.08. The molecule has 2 N–H and O–H groups in total. The number of imidazole rings is 1.